The maximum absolute atomic E-state index is 12.8. The first kappa shape index (κ1) is 20.6. The van der Waals surface area contributed by atoms with E-state index in [0.29, 0.717) is 35.3 Å². The second-order valence-electron chi connectivity index (χ2n) is 7.25. The molecule has 7 heteroatoms. The number of nitrogens with one attached hydrogen (secondary N) is 1. The van der Waals surface area contributed by atoms with Crippen LogP contribution in [0, 0.1) is 5.92 Å². The van der Waals surface area contributed by atoms with E-state index in [1.54, 1.807) is 30.3 Å². The number of aliphatic imine (C=N–C) groups is 1. The van der Waals surface area contributed by atoms with Crippen molar-refractivity contribution >= 4 is 23.0 Å². The number of carbonyl (C=O) groups is 1. The molecule has 1 atom stereocenters. The molecule has 1 aromatic heterocycles. The molecule has 0 bridgehead atoms. The minimum atomic E-state index is -0.193. The summed E-state index contributed by atoms with van der Waals surface area (Å²) >= 11 is 0. The number of aromatic amines is 1. The van der Waals surface area contributed by atoms with E-state index in [1.807, 2.05) is 24.3 Å². The topological polar surface area (TPSA) is 103 Å². The van der Waals surface area contributed by atoms with Crippen LogP contribution in [-0.2, 0) is 4.74 Å². The Morgan fingerprint density at radius 1 is 1.26 bits per heavy atom. The number of allylic oxidation sites excluding steroid dienone is 1. The van der Waals surface area contributed by atoms with Crippen LogP contribution in [0.1, 0.15) is 29.0 Å². The maximum atomic E-state index is 12.8. The number of hydrogen-bond donors (Lipinski definition) is 2. The summed E-state index contributed by atoms with van der Waals surface area (Å²) in [4.78, 5) is 24.5. The van der Waals surface area contributed by atoms with E-state index in [4.69, 9.17) is 15.2 Å². The zero-order valence-corrected chi connectivity index (χ0v) is 17.1. The Bertz CT molecular complexity index is 1110. The summed E-state index contributed by atoms with van der Waals surface area (Å²) in [5.74, 6) is 0.998. The third kappa shape index (κ3) is 4.73. The van der Waals surface area contributed by atoms with Crippen molar-refractivity contribution < 1.29 is 14.3 Å². The number of ketones is 1. The molecule has 1 aliphatic heterocycles. The summed E-state index contributed by atoms with van der Waals surface area (Å²) in [5.41, 5.74) is 8.95. The fourth-order valence-corrected chi connectivity index (χ4v) is 3.42. The van der Waals surface area contributed by atoms with Gasteiger partial charge in [0.05, 0.1) is 23.3 Å². The van der Waals surface area contributed by atoms with Gasteiger partial charge < -0.3 is 20.2 Å². The third-order valence-electron chi connectivity index (χ3n) is 5.08. The molecule has 158 valence electrons. The second kappa shape index (κ2) is 9.40. The Labute approximate surface area is 180 Å². The summed E-state index contributed by atoms with van der Waals surface area (Å²) in [5, 5.41) is 0. The van der Waals surface area contributed by atoms with Crippen LogP contribution in [0.5, 0.6) is 5.75 Å². The molecular weight excluding hydrogens is 392 g/mol. The number of hydrogen-bond acceptors (Lipinski definition) is 6. The second-order valence-corrected chi connectivity index (χ2v) is 7.25. The standard InChI is InChI=1S/C24H24N4O3/c1-2-13-26-24(21(25)17-6-5-14-30-15-17)31-18-11-9-16(10-12-18)22(29)23-27-19-7-3-4-8-20(19)28-23/h2-4,7-13,17H,1,5-6,14-15,25H2,(H,27,28)/b24-21+,26-13?/t17-/m0/s1. The van der Waals surface area contributed by atoms with Gasteiger partial charge in [0.15, 0.2) is 5.82 Å². The van der Waals surface area contributed by atoms with Crippen LogP contribution < -0.4 is 10.5 Å². The van der Waals surface area contributed by atoms with Crippen LogP contribution in [0.4, 0.5) is 0 Å². The normalized spacial score (nSPS) is 17.5. The molecule has 0 spiro atoms. The Kier molecular flexibility index (Phi) is 6.24. The minimum Gasteiger partial charge on any atom is -0.437 e. The first-order valence-corrected chi connectivity index (χ1v) is 10.2. The molecule has 7 nitrogen and oxygen atoms in total. The molecule has 3 N–H and O–H groups in total. The lowest BCUT2D eigenvalue weighted by atomic mass is 9.99. The molecule has 1 saturated heterocycles. The summed E-state index contributed by atoms with van der Waals surface area (Å²) in [6, 6.07) is 14.3. The number of nitrogens with two attached hydrogens (primary N) is 1. The molecule has 4 rings (SSSR count). The number of ether oxygens (including phenoxy) is 2. The van der Waals surface area contributed by atoms with Crippen molar-refractivity contribution in [1.82, 2.24) is 9.97 Å². The van der Waals surface area contributed by atoms with Gasteiger partial charge in [-0.25, -0.2) is 9.98 Å². The minimum absolute atomic E-state index is 0.0552. The van der Waals surface area contributed by atoms with Gasteiger partial charge in [0.25, 0.3) is 0 Å². The van der Waals surface area contributed by atoms with E-state index in [2.05, 4.69) is 21.5 Å². The molecule has 1 fully saturated rings. The zero-order chi connectivity index (χ0) is 21.6. The molecule has 0 unspecified atom stereocenters. The van der Waals surface area contributed by atoms with Gasteiger partial charge >= 0.3 is 0 Å². The average molecular weight is 416 g/mol. The van der Waals surface area contributed by atoms with Gasteiger partial charge in [-0.2, -0.15) is 0 Å². The van der Waals surface area contributed by atoms with E-state index in [9.17, 15) is 4.79 Å². The molecule has 0 radical (unpaired) electrons. The van der Waals surface area contributed by atoms with E-state index in [-0.39, 0.29) is 11.7 Å². The highest BCUT2D eigenvalue weighted by molar-refractivity contribution is 6.08. The van der Waals surface area contributed by atoms with Crippen LogP contribution >= 0.6 is 0 Å². The molecular formula is C24H24N4O3. The van der Waals surface area contributed by atoms with Crippen molar-refractivity contribution in [2.45, 2.75) is 12.8 Å². The fourth-order valence-electron chi connectivity index (χ4n) is 3.42. The van der Waals surface area contributed by atoms with Crippen molar-refractivity contribution in [3.05, 3.63) is 84.2 Å². The van der Waals surface area contributed by atoms with Crippen LogP contribution in [0.3, 0.4) is 0 Å². The monoisotopic (exact) mass is 416 g/mol. The van der Waals surface area contributed by atoms with E-state index in [1.165, 1.54) is 6.21 Å². The summed E-state index contributed by atoms with van der Waals surface area (Å²) in [6.07, 6.45) is 4.96. The maximum Gasteiger partial charge on any atom is 0.238 e. The Hall–Kier alpha value is -3.71. The molecule has 2 heterocycles. The SMILES string of the molecule is C=CC=N/C(Oc1ccc(C(=O)c2nc3ccccc3[nH]2)cc1)=C(\N)[C@H]1CCCOC1. The van der Waals surface area contributed by atoms with Crippen molar-refractivity contribution in [1.29, 1.82) is 0 Å². The highest BCUT2D eigenvalue weighted by Gasteiger charge is 2.21. The van der Waals surface area contributed by atoms with Gasteiger partial charge in [-0.3, -0.25) is 4.79 Å². The van der Waals surface area contributed by atoms with Gasteiger partial charge in [-0.15, -0.1) is 0 Å². The highest BCUT2D eigenvalue weighted by Crippen LogP contribution is 2.24. The smallest absolute Gasteiger partial charge is 0.238 e. The van der Waals surface area contributed by atoms with Crippen LogP contribution in [-0.4, -0.2) is 35.2 Å². The predicted octanol–water partition coefficient (Wildman–Crippen LogP) is 3.98. The lowest BCUT2D eigenvalue weighted by Gasteiger charge is -2.23. The van der Waals surface area contributed by atoms with Gasteiger partial charge in [0, 0.05) is 24.3 Å². The molecule has 0 amide bonds. The highest BCUT2D eigenvalue weighted by atomic mass is 16.5. The molecule has 3 aromatic rings. The van der Waals surface area contributed by atoms with Gasteiger partial charge in [0.2, 0.25) is 11.7 Å². The Morgan fingerprint density at radius 3 is 2.77 bits per heavy atom. The number of nitrogens with zero attached hydrogens (tertiary/aromatic N) is 2. The number of rotatable bonds is 7. The van der Waals surface area contributed by atoms with E-state index < -0.39 is 0 Å². The molecule has 31 heavy (non-hydrogen) atoms. The summed E-state index contributed by atoms with van der Waals surface area (Å²) in [6.45, 7) is 4.94. The van der Waals surface area contributed by atoms with E-state index in [0.717, 1.165) is 30.5 Å². The lowest BCUT2D eigenvalue weighted by molar-refractivity contribution is 0.0654. The molecule has 0 saturated carbocycles. The number of aromatic nitrogens is 2. The quantitative estimate of drug-likeness (QED) is 0.344. The van der Waals surface area contributed by atoms with Gasteiger partial charge in [0.1, 0.15) is 5.75 Å². The number of para-hydroxylation sites is 2. The summed E-state index contributed by atoms with van der Waals surface area (Å²) < 4.78 is 11.5. The summed E-state index contributed by atoms with van der Waals surface area (Å²) in [7, 11) is 0. The van der Waals surface area contributed by atoms with Crippen molar-refractivity contribution in [2.75, 3.05) is 13.2 Å². The molecule has 0 aliphatic carbocycles. The fraction of sp³-hybridized carbons (Fsp3) is 0.208. The van der Waals surface area contributed by atoms with Crippen molar-refractivity contribution in [2.24, 2.45) is 16.6 Å². The van der Waals surface area contributed by atoms with Crippen molar-refractivity contribution in [3.63, 3.8) is 0 Å². The number of imidazole rings is 1. The van der Waals surface area contributed by atoms with Crippen LogP contribution in [0.2, 0.25) is 0 Å². The largest absolute Gasteiger partial charge is 0.437 e. The lowest BCUT2D eigenvalue weighted by Crippen LogP contribution is -2.25. The van der Waals surface area contributed by atoms with Crippen molar-refractivity contribution in [3.8, 4) is 5.75 Å². The number of H-pyrrole nitrogens is 1. The third-order valence-corrected chi connectivity index (χ3v) is 5.08. The van der Waals surface area contributed by atoms with Crippen LogP contribution in [0.15, 0.2) is 77.8 Å². The molecule has 2 aromatic carbocycles. The first-order chi connectivity index (χ1) is 15.2. The van der Waals surface area contributed by atoms with Crippen LogP contribution in [0.25, 0.3) is 11.0 Å². The number of benzene rings is 2. The Balaban J connectivity index is 1.53. The number of carbonyl (C=O) groups excluding carboxylic acids is 1. The van der Waals surface area contributed by atoms with Gasteiger partial charge in [-0.1, -0.05) is 24.8 Å². The average Bonchev–Trinajstić information content (AvgIpc) is 3.26. The molecule has 1 aliphatic rings. The van der Waals surface area contributed by atoms with Gasteiger partial charge in [-0.05, 0) is 49.2 Å². The predicted molar refractivity (Wildman–Crippen MR) is 120 cm³/mol. The first-order valence-electron chi connectivity index (χ1n) is 10.2. The van der Waals surface area contributed by atoms with E-state index >= 15 is 0 Å². The number of fused-ring (bicyclic) bond motifs is 1. The zero-order valence-electron chi connectivity index (χ0n) is 17.1. The Morgan fingerprint density at radius 2 is 2.06 bits per heavy atom.